The van der Waals surface area contributed by atoms with E-state index in [2.05, 4.69) is 0 Å². The molecule has 1 atom stereocenters. The molecule has 1 amide bonds. The first-order chi connectivity index (χ1) is 9.34. The molecule has 0 spiro atoms. The van der Waals surface area contributed by atoms with Crippen LogP contribution in [0, 0.1) is 0 Å². The molecular weight excluding hydrogens is 238 g/mol. The molecular formula is C16H15NO2. The average Bonchev–Trinajstić information content (AvgIpc) is 3.27. The largest absolute Gasteiger partial charge is 0.445 e. The molecule has 3 heteroatoms. The Labute approximate surface area is 112 Å². The van der Waals surface area contributed by atoms with Crippen LogP contribution < -0.4 is 0 Å². The third-order valence-electron chi connectivity index (χ3n) is 3.24. The van der Waals surface area contributed by atoms with Crippen molar-refractivity contribution in [2.75, 3.05) is 6.54 Å². The second kappa shape index (κ2) is 5.14. The number of ether oxygens (including phenoxy) is 1. The fourth-order valence-corrected chi connectivity index (χ4v) is 2.10. The minimum Gasteiger partial charge on any atom is -0.445 e. The fraction of sp³-hybridized carbons (Fsp3) is 0.188. The Balaban J connectivity index is 1.53. The number of rotatable bonds is 3. The first kappa shape index (κ1) is 11.8. The van der Waals surface area contributed by atoms with E-state index >= 15 is 0 Å². The van der Waals surface area contributed by atoms with Gasteiger partial charge >= 0.3 is 6.09 Å². The topological polar surface area (TPSA) is 29.3 Å². The number of hydrogen-bond acceptors (Lipinski definition) is 2. The Bertz CT molecular complexity index is 553. The van der Waals surface area contributed by atoms with Crippen molar-refractivity contribution in [2.45, 2.75) is 12.6 Å². The standard InChI is InChI=1S/C16H15NO2/c18-16(19-12-13-7-3-1-4-8-13)17-11-15(17)14-9-5-2-6-10-14/h1-10,15H,11-12H2/t15-,17?/m0/s1. The summed E-state index contributed by atoms with van der Waals surface area (Å²) in [5, 5.41) is 0. The number of carbonyl (C=O) groups is 1. The van der Waals surface area contributed by atoms with Gasteiger partial charge in [-0.2, -0.15) is 0 Å². The summed E-state index contributed by atoms with van der Waals surface area (Å²) in [7, 11) is 0. The highest BCUT2D eigenvalue weighted by atomic mass is 16.6. The molecule has 3 nitrogen and oxygen atoms in total. The zero-order chi connectivity index (χ0) is 13.1. The molecule has 2 aromatic rings. The first-order valence-electron chi connectivity index (χ1n) is 6.37. The van der Waals surface area contributed by atoms with Crippen LogP contribution in [0.5, 0.6) is 0 Å². The van der Waals surface area contributed by atoms with Crippen molar-refractivity contribution < 1.29 is 9.53 Å². The lowest BCUT2D eigenvalue weighted by Crippen LogP contribution is -2.13. The molecule has 19 heavy (non-hydrogen) atoms. The molecule has 1 aliphatic heterocycles. The van der Waals surface area contributed by atoms with Gasteiger partial charge in [-0.1, -0.05) is 60.7 Å². The number of benzene rings is 2. The van der Waals surface area contributed by atoms with Gasteiger partial charge in [0, 0.05) is 6.54 Å². The van der Waals surface area contributed by atoms with Crippen LogP contribution in [0.2, 0.25) is 0 Å². The highest BCUT2D eigenvalue weighted by Crippen LogP contribution is 2.35. The molecule has 0 saturated carbocycles. The van der Waals surface area contributed by atoms with Crippen LogP contribution >= 0.6 is 0 Å². The predicted octanol–water partition coefficient (Wildman–Crippen LogP) is 3.38. The molecule has 0 unspecified atom stereocenters. The summed E-state index contributed by atoms with van der Waals surface area (Å²) in [6.45, 7) is 1.08. The summed E-state index contributed by atoms with van der Waals surface area (Å²) < 4.78 is 5.29. The molecule has 1 heterocycles. The molecule has 1 saturated heterocycles. The third kappa shape index (κ3) is 2.76. The van der Waals surface area contributed by atoms with Crippen molar-refractivity contribution in [3.05, 3.63) is 71.8 Å². The zero-order valence-corrected chi connectivity index (χ0v) is 10.5. The lowest BCUT2D eigenvalue weighted by molar-refractivity contribution is 0.122. The molecule has 0 aliphatic carbocycles. The van der Waals surface area contributed by atoms with Crippen molar-refractivity contribution in [2.24, 2.45) is 0 Å². The van der Waals surface area contributed by atoms with Crippen LogP contribution in [0.3, 0.4) is 0 Å². The second-order valence-corrected chi connectivity index (χ2v) is 4.62. The van der Waals surface area contributed by atoms with Crippen LogP contribution in [-0.4, -0.2) is 17.5 Å². The Morgan fingerprint density at radius 1 is 1.05 bits per heavy atom. The van der Waals surface area contributed by atoms with E-state index in [4.69, 9.17) is 4.74 Å². The van der Waals surface area contributed by atoms with Gasteiger partial charge < -0.3 is 4.74 Å². The van der Waals surface area contributed by atoms with Gasteiger partial charge in [0.1, 0.15) is 6.61 Å². The van der Waals surface area contributed by atoms with Crippen molar-refractivity contribution in [1.29, 1.82) is 0 Å². The first-order valence-corrected chi connectivity index (χ1v) is 6.37. The number of carbonyl (C=O) groups excluding carboxylic acids is 1. The smallest absolute Gasteiger partial charge is 0.410 e. The van der Waals surface area contributed by atoms with Crippen molar-refractivity contribution in [1.82, 2.24) is 4.90 Å². The zero-order valence-electron chi connectivity index (χ0n) is 10.5. The molecule has 0 radical (unpaired) electrons. The predicted molar refractivity (Wildman–Crippen MR) is 72.5 cm³/mol. The van der Waals surface area contributed by atoms with E-state index in [-0.39, 0.29) is 12.1 Å². The van der Waals surface area contributed by atoms with Crippen LogP contribution in [0.15, 0.2) is 60.7 Å². The van der Waals surface area contributed by atoms with Gasteiger partial charge in [0.15, 0.2) is 0 Å². The summed E-state index contributed by atoms with van der Waals surface area (Å²) in [5.41, 5.74) is 2.17. The fourth-order valence-electron chi connectivity index (χ4n) is 2.10. The van der Waals surface area contributed by atoms with Gasteiger partial charge in [0.25, 0.3) is 0 Å². The SMILES string of the molecule is O=C(OCc1ccccc1)N1C[C@H]1c1ccccc1. The maximum Gasteiger partial charge on any atom is 0.410 e. The lowest BCUT2D eigenvalue weighted by Gasteiger charge is -2.06. The summed E-state index contributed by atoms with van der Waals surface area (Å²) in [4.78, 5) is 13.6. The Kier molecular flexibility index (Phi) is 3.19. The van der Waals surface area contributed by atoms with Crippen molar-refractivity contribution >= 4 is 6.09 Å². The maximum absolute atomic E-state index is 11.9. The average molecular weight is 253 g/mol. The highest BCUT2D eigenvalue weighted by Gasteiger charge is 2.40. The molecule has 0 aromatic heterocycles. The third-order valence-corrected chi connectivity index (χ3v) is 3.24. The monoisotopic (exact) mass is 253 g/mol. The van der Waals surface area contributed by atoms with Gasteiger partial charge in [0.05, 0.1) is 6.04 Å². The van der Waals surface area contributed by atoms with E-state index in [0.717, 1.165) is 12.1 Å². The molecule has 1 aliphatic rings. The minimum absolute atomic E-state index is 0.185. The molecule has 0 bridgehead atoms. The number of nitrogens with zero attached hydrogens (tertiary/aromatic N) is 1. The number of amides is 1. The van der Waals surface area contributed by atoms with Gasteiger partial charge in [-0.25, -0.2) is 4.79 Å². The van der Waals surface area contributed by atoms with E-state index in [0.29, 0.717) is 6.61 Å². The molecule has 2 aromatic carbocycles. The van der Waals surface area contributed by atoms with E-state index in [1.165, 1.54) is 5.56 Å². The summed E-state index contributed by atoms with van der Waals surface area (Å²) in [6, 6.07) is 19.9. The van der Waals surface area contributed by atoms with Crippen LogP contribution in [0.1, 0.15) is 17.2 Å². The maximum atomic E-state index is 11.9. The minimum atomic E-state index is -0.238. The Morgan fingerprint density at radius 2 is 1.68 bits per heavy atom. The van der Waals surface area contributed by atoms with Crippen molar-refractivity contribution in [3.63, 3.8) is 0 Å². The molecule has 0 N–H and O–H groups in total. The summed E-state index contributed by atoms with van der Waals surface area (Å²) >= 11 is 0. The van der Waals surface area contributed by atoms with Crippen molar-refractivity contribution in [3.8, 4) is 0 Å². The molecule has 96 valence electrons. The quantitative estimate of drug-likeness (QED) is 0.785. The molecule has 1 fully saturated rings. The van der Waals surface area contributed by atoms with Gasteiger partial charge in [-0.15, -0.1) is 0 Å². The highest BCUT2D eigenvalue weighted by molar-refractivity contribution is 5.71. The lowest BCUT2D eigenvalue weighted by atomic mass is 10.2. The normalized spacial score (nSPS) is 17.1. The van der Waals surface area contributed by atoms with E-state index in [1.54, 1.807) is 4.90 Å². The van der Waals surface area contributed by atoms with Gasteiger partial charge in [-0.3, -0.25) is 4.90 Å². The Morgan fingerprint density at radius 3 is 2.37 bits per heavy atom. The summed E-state index contributed by atoms with van der Waals surface area (Å²) in [5.74, 6) is 0. The van der Waals surface area contributed by atoms with Crippen LogP contribution in [0.4, 0.5) is 4.79 Å². The number of hydrogen-bond donors (Lipinski definition) is 0. The van der Waals surface area contributed by atoms with E-state index < -0.39 is 0 Å². The second-order valence-electron chi connectivity index (χ2n) is 4.62. The summed E-state index contributed by atoms with van der Waals surface area (Å²) in [6.07, 6.45) is -0.238. The van der Waals surface area contributed by atoms with Gasteiger partial charge in [0.2, 0.25) is 0 Å². The van der Waals surface area contributed by atoms with Crippen LogP contribution in [0.25, 0.3) is 0 Å². The van der Waals surface area contributed by atoms with E-state index in [9.17, 15) is 4.79 Å². The molecule has 3 rings (SSSR count). The Hall–Kier alpha value is -2.29. The van der Waals surface area contributed by atoms with Crippen LogP contribution in [-0.2, 0) is 11.3 Å². The van der Waals surface area contributed by atoms with Gasteiger partial charge in [-0.05, 0) is 11.1 Å². The van der Waals surface area contributed by atoms with E-state index in [1.807, 2.05) is 60.7 Å².